The molecule has 0 aliphatic carbocycles. The molecule has 1 N–H and O–H groups in total. The normalized spacial score (nSPS) is 11.5. The van der Waals surface area contributed by atoms with Gasteiger partial charge in [-0.2, -0.15) is 26.6 Å². The van der Waals surface area contributed by atoms with E-state index < -0.39 is 64.3 Å². The number of aromatic nitrogens is 3. The molecule has 4 rings (SSSR count). The van der Waals surface area contributed by atoms with Crippen LogP contribution in [0.3, 0.4) is 0 Å². The number of halogens is 7. The Balaban J connectivity index is 1.95. The minimum absolute atomic E-state index is 0.192. The highest BCUT2D eigenvalue weighted by molar-refractivity contribution is 6.06. The topological polar surface area (TPSA) is 96.6 Å². The van der Waals surface area contributed by atoms with E-state index >= 15 is 8.78 Å². The van der Waals surface area contributed by atoms with Gasteiger partial charge in [-0.25, -0.2) is 13.8 Å². The molecular formula is C26H19F7N4O5. The standard InChI is InChI=1S/C26H19F7N4O5/c1-36-21(19-15(27)10-14(40-2)11-16(19)28)20(35-23(38)12-4-6-13(7-5-12)42-25(29)30)24(39)37(36)22-17(41-3)8-9-18(34-22)26(31,32)33/h4-11,25H,1-3H3,(H,35,38). The van der Waals surface area contributed by atoms with Crippen LogP contribution >= 0.6 is 0 Å². The largest absolute Gasteiger partial charge is 0.497 e. The molecule has 4 aromatic rings. The fourth-order valence-corrected chi connectivity index (χ4v) is 4.01. The van der Waals surface area contributed by atoms with Gasteiger partial charge < -0.3 is 19.5 Å². The monoisotopic (exact) mass is 600 g/mol. The molecule has 0 radical (unpaired) electrons. The van der Waals surface area contributed by atoms with Crippen molar-refractivity contribution in [1.29, 1.82) is 0 Å². The van der Waals surface area contributed by atoms with Crippen LogP contribution in [0.4, 0.5) is 36.4 Å². The van der Waals surface area contributed by atoms with Crippen molar-refractivity contribution in [3.05, 3.63) is 81.8 Å². The van der Waals surface area contributed by atoms with Gasteiger partial charge in [0.05, 0.1) is 19.8 Å². The zero-order chi connectivity index (χ0) is 30.9. The summed E-state index contributed by atoms with van der Waals surface area (Å²) in [6.07, 6.45) is -4.94. The first-order valence-electron chi connectivity index (χ1n) is 11.6. The summed E-state index contributed by atoms with van der Waals surface area (Å²) in [5, 5.41) is 2.21. The minimum Gasteiger partial charge on any atom is -0.497 e. The third kappa shape index (κ3) is 5.73. The SMILES string of the molecule is COc1cc(F)c(-c2c(NC(=O)c3ccc(OC(F)F)cc3)c(=O)n(-c3nc(C(F)(F)F)ccc3OC)n2C)c(F)c1. The molecule has 0 atom stereocenters. The number of hydrogen-bond donors (Lipinski definition) is 1. The van der Waals surface area contributed by atoms with Crippen LogP contribution in [0.1, 0.15) is 16.1 Å². The van der Waals surface area contributed by atoms with Crippen LogP contribution < -0.4 is 25.1 Å². The number of alkyl halides is 5. The van der Waals surface area contributed by atoms with E-state index in [2.05, 4.69) is 15.0 Å². The molecule has 2 aromatic heterocycles. The molecule has 2 heterocycles. The Labute approximate surface area is 231 Å². The summed E-state index contributed by atoms with van der Waals surface area (Å²) in [4.78, 5) is 30.2. The Bertz CT molecular complexity index is 1680. The Morgan fingerprint density at radius 2 is 1.57 bits per heavy atom. The maximum absolute atomic E-state index is 15.2. The Hall–Kier alpha value is -5.02. The lowest BCUT2D eigenvalue weighted by molar-refractivity contribution is -0.141. The molecule has 0 spiro atoms. The third-order valence-electron chi connectivity index (χ3n) is 5.89. The van der Waals surface area contributed by atoms with E-state index in [1.165, 1.54) is 0 Å². The molecule has 0 saturated heterocycles. The zero-order valence-electron chi connectivity index (χ0n) is 21.7. The van der Waals surface area contributed by atoms with Crippen LogP contribution in [0.5, 0.6) is 17.2 Å². The molecular weight excluding hydrogens is 581 g/mol. The minimum atomic E-state index is -4.94. The first-order chi connectivity index (χ1) is 19.8. The maximum Gasteiger partial charge on any atom is 0.433 e. The highest BCUT2D eigenvalue weighted by Gasteiger charge is 2.35. The Kier molecular flexibility index (Phi) is 8.17. The van der Waals surface area contributed by atoms with Crippen molar-refractivity contribution < 1.29 is 49.7 Å². The Morgan fingerprint density at radius 1 is 0.952 bits per heavy atom. The first-order valence-corrected chi connectivity index (χ1v) is 11.6. The van der Waals surface area contributed by atoms with Crippen molar-refractivity contribution in [2.45, 2.75) is 12.8 Å². The number of anilines is 1. The summed E-state index contributed by atoms with van der Waals surface area (Å²) in [5.74, 6) is -5.05. The van der Waals surface area contributed by atoms with E-state index in [0.29, 0.717) is 10.7 Å². The molecule has 42 heavy (non-hydrogen) atoms. The number of methoxy groups -OCH3 is 2. The molecule has 2 aromatic carbocycles. The molecule has 1 amide bonds. The number of nitrogens with one attached hydrogen (secondary N) is 1. The van der Waals surface area contributed by atoms with Crippen LogP contribution in [-0.2, 0) is 13.2 Å². The van der Waals surface area contributed by atoms with Gasteiger partial charge in [-0.3, -0.25) is 14.3 Å². The predicted octanol–water partition coefficient (Wildman–Crippen LogP) is 5.41. The molecule has 0 bridgehead atoms. The van der Waals surface area contributed by atoms with E-state index in [0.717, 1.165) is 68.4 Å². The summed E-state index contributed by atoms with van der Waals surface area (Å²) in [6.45, 7) is -3.13. The van der Waals surface area contributed by atoms with Crippen LogP contribution in [-0.4, -0.2) is 41.1 Å². The van der Waals surface area contributed by atoms with E-state index in [-0.39, 0.29) is 22.8 Å². The second-order valence-corrected chi connectivity index (χ2v) is 8.41. The maximum atomic E-state index is 15.2. The number of carbonyl (C=O) groups is 1. The predicted molar refractivity (Wildman–Crippen MR) is 133 cm³/mol. The van der Waals surface area contributed by atoms with Crippen LogP contribution in [0.25, 0.3) is 17.1 Å². The highest BCUT2D eigenvalue weighted by Crippen LogP contribution is 2.36. The van der Waals surface area contributed by atoms with E-state index in [1.807, 2.05) is 0 Å². The molecule has 0 unspecified atom stereocenters. The number of benzene rings is 2. The van der Waals surface area contributed by atoms with Crippen molar-refractivity contribution in [3.63, 3.8) is 0 Å². The number of pyridine rings is 1. The van der Waals surface area contributed by atoms with Gasteiger partial charge in [0.2, 0.25) is 0 Å². The molecule has 0 saturated carbocycles. The molecule has 0 aliphatic heterocycles. The summed E-state index contributed by atoms with van der Waals surface area (Å²) >= 11 is 0. The van der Waals surface area contributed by atoms with Gasteiger partial charge in [0, 0.05) is 24.7 Å². The number of ether oxygens (including phenoxy) is 3. The number of hydrogen-bond acceptors (Lipinski definition) is 6. The molecule has 16 heteroatoms. The number of carbonyl (C=O) groups excluding carboxylic acids is 1. The van der Waals surface area contributed by atoms with Gasteiger partial charge in [-0.1, -0.05) is 0 Å². The van der Waals surface area contributed by atoms with Crippen molar-refractivity contribution in [3.8, 4) is 34.3 Å². The van der Waals surface area contributed by atoms with Crippen molar-refractivity contribution in [1.82, 2.24) is 14.3 Å². The van der Waals surface area contributed by atoms with Gasteiger partial charge in [0.1, 0.15) is 40.2 Å². The van der Waals surface area contributed by atoms with Crippen molar-refractivity contribution in [2.24, 2.45) is 7.05 Å². The highest BCUT2D eigenvalue weighted by atomic mass is 19.4. The third-order valence-corrected chi connectivity index (χ3v) is 5.89. The lowest BCUT2D eigenvalue weighted by Crippen LogP contribution is -2.25. The van der Waals surface area contributed by atoms with Crippen molar-refractivity contribution in [2.75, 3.05) is 19.5 Å². The Morgan fingerprint density at radius 3 is 2.10 bits per heavy atom. The number of nitrogens with zero attached hydrogens (tertiary/aromatic N) is 3. The lowest BCUT2D eigenvalue weighted by atomic mass is 10.1. The fraction of sp³-hybridized carbons (Fsp3) is 0.192. The number of rotatable bonds is 8. The van der Waals surface area contributed by atoms with Gasteiger partial charge in [0.25, 0.3) is 11.5 Å². The second kappa shape index (κ2) is 11.5. The first kappa shape index (κ1) is 30.0. The average molecular weight is 600 g/mol. The summed E-state index contributed by atoms with van der Waals surface area (Å²) in [6, 6.07) is 7.27. The molecule has 222 valence electrons. The number of amides is 1. The van der Waals surface area contributed by atoms with Gasteiger partial charge in [-0.15, -0.1) is 0 Å². The second-order valence-electron chi connectivity index (χ2n) is 8.41. The smallest absolute Gasteiger partial charge is 0.433 e. The van der Waals surface area contributed by atoms with E-state index in [4.69, 9.17) is 9.47 Å². The average Bonchev–Trinajstić information content (AvgIpc) is 3.15. The van der Waals surface area contributed by atoms with Gasteiger partial charge >= 0.3 is 12.8 Å². The quantitative estimate of drug-likeness (QED) is 0.272. The van der Waals surface area contributed by atoms with E-state index in [9.17, 15) is 31.5 Å². The zero-order valence-corrected chi connectivity index (χ0v) is 21.7. The van der Waals surface area contributed by atoms with Gasteiger partial charge in [-0.05, 0) is 36.4 Å². The lowest BCUT2D eigenvalue weighted by Gasteiger charge is -2.15. The summed E-state index contributed by atoms with van der Waals surface area (Å²) in [5.41, 5.74) is -5.02. The fourth-order valence-electron chi connectivity index (χ4n) is 4.01. The molecule has 0 fully saturated rings. The summed E-state index contributed by atoms with van der Waals surface area (Å²) in [7, 11) is 3.33. The molecule has 0 aliphatic rings. The van der Waals surface area contributed by atoms with E-state index in [1.54, 1.807) is 0 Å². The molecule has 9 nitrogen and oxygen atoms in total. The summed E-state index contributed by atoms with van der Waals surface area (Å²) < 4.78 is 111. The van der Waals surface area contributed by atoms with Crippen LogP contribution in [0.2, 0.25) is 0 Å². The van der Waals surface area contributed by atoms with Crippen LogP contribution in [0, 0.1) is 11.6 Å². The van der Waals surface area contributed by atoms with Crippen LogP contribution in [0.15, 0.2) is 53.3 Å². The van der Waals surface area contributed by atoms with Crippen molar-refractivity contribution >= 4 is 11.6 Å². The van der Waals surface area contributed by atoms with Gasteiger partial charge in [0.15, 0.2) is 11.6 Å².